The first-order valence-electron chi connectivity index (χ1n) is 7.71. The molecule has 0 radical (unpaired) electrons. The van der Waals surface area contributed by atoms with Crippen LogP contribution in [0.5, 0.6) is 0 Å². The fourth-order valence-electron chi connectivity index (χ4n) is 2.95. The van der Waals surface area contributed by atoms with Crippen molar-refractivity contribution >= 4 is 24.3 Å². The van der Waals surface area contributed by atoms with Crippen molar-refractivity contribution in [2.45, 2.75) is 51.1 Å². The summed E-state index contributed by atoms with van der Waals surface area (Å²) in [6.07, 6.45) is 5.73. The molecule has 0 aromatic carbocycles. The van der Waals surface area contributed by atoms with Crippen molar-refractivity contribution in [3.05, 3.63) is 0 Å². The predicted octanol–water partition coefficient (Wildman–Crippen LogP) is 0.860. The number of nitrogens with zero attached hydrogens (tertiary/aromatic N) is 1. The zero-order valence-corrected chi connectivity index (χ0v) is 13.5. The highest BCUT2D eigenvalue weighted by atomic mass is 35.5. The van der Waals surface area contributed by atoms with Crippen molar-refractivity contribution < 1.29 is 9.59 Å². The lowest BCUT2D eigenvalue weighted by Gasteiger charge is -2.34. The summed E-state index contributed by atoms with van der Waals surface area (Å²) in [6.45, 7) is 4.46. The van der Waals surface area contributed by atoms with Crippen molar-refractivity contribution in [3.8, 4) is 0 Å². The number of piperazine rings is 1. The molecule has 0 bridgehead atoms. The number of halogens is 1. The summed E-state index contributed by atoms with van der Waals surface area (Å²) in [5, 5.41) is 8.89. The number of carbonyl (C=O) groups excluding carboxylic acids is 2. The second-order valence-corrected chi connectivity index (χ2v) is 5.80. The van der Waals surface area contributed by atoms with Gasteiger partial charge in [-0.25, -0.2) is 4.79 Å². The first kappa shape index (κ1) is 18.0. The summed E-state index contributed by atoms with van der Waals surface area (Å²) in [5.74, 6) is -0.00204. The molecule has 2 rings (SSSR count). The summed E-state index contributed by atoms with van der Waals surface area (Å²) in [7, 11) is 0. The summed E-state index contributed by atoms with van der Waals surface area (Å²) in [5.41, 5.74) is 0. The lowest BCUT2D eigenvalue weighted by Crippen LogP contribution is -2.55. The van der Waals surface area contributed by atoms with Crippen LogP contribution in [0.3, 0.4) is 0 Å². The maximum absolute atomic E-state index is 12.1. The Kier molecular flexibility index (Phi) is 7.82. The van der Waals surface area contributed by atoms with Gasteiger partial charge in [0.25, 0.3) is 0 Å². The Hall–Kier alpha value is -1.01. The van der Waals surface area contributed by atoms with E-state index in [4.69, 9.17) is 0 Å². The maximum Gasteiger partial charge on any atom is 0.315 e. The molecule has 1 aliphatic heterocycles. The molecule has 7 heteroatoms. The van der Waals surface area contributed by atoms with Crippen molar-refractivity contribution in [3.63, 3.8) is 0 Å². The summed E-state index contributed by atoms with van der Waals surface area (Å²) < 4.78 is 0. The summed E-state index contributed by atoms with van der Waals surface area (Å²) >= 11 is 0. The van der Waals surface area contributed by atoms with E-state index >= 15 is 0 Å². The molecular weight excluding hydrogens is 292 g/mol. The molecule has 3 amide bonds. The molecule has 1 saturated heterocycles. The van der Waals surface area contributed by atoms with Crippen LogP contribution in [-0.4, -0.2) is 55.1 Å². The van der Waals surface area contributed by atoms with Gasteiger partial charge in [0, 0.05) is 31.7 Å². The second kappa shape index (κ2) is 9.10. The van der Waals surface area contributed by atoms with E-state index < -0.39 is 0 Å². The number of hydrogen-bond acceptors (Lipinski definition) is 3. The molecule has 6 nitrogen and oxygen atoms in total. The van der Waals surface area contributed by atoms with Gasteiger partial charge in [0.15, 0.2) is 0 Å². The van der Waals surface area contributed by atoms with Gasteiger partial charge in [0.1, 0.15) is 0 Å². The Morgan fingerprint density at radius 3 is 2.62 bits per heavy atom. The van der Waals surface area contributed by atoms with Crippen molar-refractivity contribution in [2.75, 3.05) is 26.2 Å². The van der Waals surface area contributed by atoms with Crippen LogP contribution in [-0.2, 0) is 4.79 Å². The summed E-state index contributed by atoms with van der Waals surface area (Å²) in [6, 6.07) is 0.254. The molecule has 2 fully saturated rings. The van der Waals surface area contributed by atoms with Crippen LogP contribution in [0.1, 0.15) is 39.0 Å². The fourth-order valence-corrected chi connectivity index (χ4v) is 2.95. The molecule has 21 heavy (non-hydrogen) atoms. The Labute approximate surface area is 132 Å². The molecule has 0 spiro atoms. The molecule has 0 aromatic heterocycles. The Morgan fingerprint density at radius 2 is 1.95 bits per heavy atom. The van der Waals surface area contributed by atoms with E-state index in [1.165, 1.54) is 19.3 Å². The number of amides is 3. The van der Waals surface area contributed by atoms with Crippen LogP contribution in [0, 0.1) is 0 Å². The van der Waals surface area contributed by atoms with Crippen LogP contribution in [0.2, 0.25) is 0 Å². The third-order valence-corrected chi connectivity index (χ3v) is 4.16. The quantitative estimate of drug-likeness (QED) is 0.722. The average molecular weight is 319 g/mol. The first-order chi connectivity index (χ1) is 9.66. The summed E-state index contributed by atoms with van der Waals surface area (Å²) in [4.78, 5) is 25.7. The Bertz CT molecular complexity index is 348. The van der Waals surface area contributed by atoms with E-state index in [0.29, 0.717) is 6.54 Å². The van der Waals surface area contributed by atoms with Gasteiger partial charge in [-0.05, 0) is 19.8 Å². The lowest BCUT2D eigenvalue weighted by molar-refractivity contribution is -0.132. The van der Waals surface area contributed by atoms with E-state index in [1.807, 2.05) is 11.8 Å². The molecule has 3 N–H and O–H groups in total. The minimum Gasteiger partial charge on any atom is -0.336 e. The van der Waals surface area contributed by atoms with E-state index in [1.54, 1.807) is 0 Å². The molecule has 0 aromatic rings. The predicted molar refractivity (Wildman–Crippen MR) is 84.7 cm³/mol. The normalized spacial score (nSPS) is 23.1. The third kappa shape index (κ3) is 5.71. The van der Waals surface area contributed by atoms with Crippen molar-refractivity contribution in [1.29, 1.82) is 0 Å². The largest absolute Gasteiger partial charge is 0.336 e. The monoisotopic (exact) mass is 318 g/mol. The minimum atomic E-state index is -0.215. The zero-order chi connectivity index (χ0) is 14.4. The second-order valence-electron chi connectivity index (χ2n) is 5.80. The molecule has 1 atom stereocenters. The zero-order valence-electron chi connectivity index (χ0n) is 12.7. The van der Waals surface area contributed by atoms with Gasteiger partial charge in [-0.15, -0.1) is 12.4 Å². The van der Waals surface area contributed by atoms with Gasteiger partial charge < -0.3 is 20.9 Å². The average Bonchev–Trinajstić information content (AvgIpc) is 2.46. The topological polar surface area (TPSA) is 73.5 Å². The molecule has 122 valence electrons. The standard InChI is InChI=1S/C14H26N4O2.ClH/c1-11-9-15-7-8-18(11)13(19)10-16-14(20)17-12-5-3-2-4-6-12;/h11-12,15H,2-10H2,1H3,(H2,16,17,20);1H/t11-;/m0./s1. The Morgan fingerprint density at radius 1 is 1.24 bits per heavy atom. The molecular formula is C14H27ClN4O2. The van der Waals surface area contributed by atoms with Gasteiger partial charge in [0.05, 0.1) is 6.54 Å². The molecule has 1 aliphatic carbocycles. The van der Waals surface area contributed by atoms with Gasteiger partial charge >= 0.3 is 6.03 Å². The number of carbonyl (C=O) groups is 2. The van der Waals surface area contributed by atoms with Gasteiger partial charge in [-0.3, -0.25) is 4.79 Å². The van der Waals surface area contributed by atoms with Crippen LogP contribution in [0.4, 0.5) is 4.79 Å². The van der Waals surface area contributed by atoms with Crippen molar-refractivity contribution in [1.82, 2.24) is 20.9 Å². The molecule has 2 aliphatic rings. The lowest BCUT2D eigenvalue weighted by atomic mass is 9.96. The highest BCUT2D eigenvalue weighted by Crippen LogP contribution is 2.17. The van der Waals surface area contributed by atoms with E-state index in [-0.39, 0.29) is 43.0 Å². The van der Waals surface area contributed by atoms with E-state index in [0.717, 1.165) is 25.9 Å². The van der Waals surface area contributed by atoms with Crippen LogP contribution >= 0.6 is 12.4 Å². The Balaban J connectivity index is 0.00000220. The van der Waals surface area contributed by atoms with E-state index in [2.05, 4.69) is 16.0 Å². The van der Waals surface area contributed by atoms with Gasteiger partial charge in [-0.2, -0.15) is 0 Å². The van der Waals surface area contributed by atoms with Crippen LogP contribution in [0.15, 0.2) is 0 Å². The van der Waals surface area contributed by atoms with Gasteiger partial charge in [0.2, 0.25) is 5.91 Å². The van der Waals surface area contributed by atoms with Gasteiger partial charge in [-0.1, -0.05) is 19.3 Å². The van der Waals surface area contributed by atoms with Crippen LogP contribution in [0.25, 0.3) is 0 Å². The first-order valence-corrected chi connectivity index (χ1v) is 7.71. The fraction of sp³-hybridized carbons (Fsp3) is 0.857. The van der Waals surface area contributed by atoms with Crippen molar-refractivity contribution in [2.24, 2.45) is 0 Å². The number of rotatable bonds is 3. The third-order valence-electron chi connectivity index (χ3n) is 4.16. The molecule has 0 unspecified atom stereocenters. The molecule has 1 saturated carbocycles. The number of hydrogen-bond donors (Lipinski definition) is 3. The molecule has 1 heterocycles. The maximum atomic E-state index is 12.1. The number of urea groups is 1. The van der Waals surface area contributed by atoms with Crippen LogP contribution < -0.4 is 16.0 Å². The minimum absolute atomic E-state index is 0. The number of nitrogens with one attached hydrogen (secondary N) is 3. The SMILES string of the molecule is C[C@H]1CNCCN1C(=O)CNC(=O)NC1CCCCC1.Cl. The van der Waals surface area contributed by atoms with E-state index in [9.17, 15) is 9.59 Å². The highest BCUT2D eigenvalue weighted by molar-refractivity contribution is 5.85. The smallest absolute Gasteiger partial charge is 0.315 e. The highest BCUT2D eigenvalue weighted by Gasteiger charge is 2.23.